The molecule has 1 aliphatic carbocycles. The first kappa shape index (κ1) is 11.8. The Hall–Kier alpha value is -1.66. The van der Waals surface area contributed by atoms with Crippen molar-refractivity contribution < 1.29 is 22.4 Å². The molecule has 0 bridgehead atoms. The molecule has 1 aromatic heterocycles. The fourth-order valence-corrected chi connectivity index (χ4v) is 1.44. The van der Waals surface area contributed by atoms with E-state index in [2.05, 4.69) is 4.98 Å². The highest BCUT2D eigenvalue weighted by Crippen LogP contribution is 2.49. The molecular weight excluding hydrogens is 240 g/mol. The van der Waals surface area contributed by atoms with Gasteiger partial charge in [0.1, 0.15) is 5.54 Å². The second-order valence-electron chi connectivity index (χ2n) is 3.90. The molecule has 0 unspecified atom stereocenters. The average Bonchev–Trinajstić information content (AvgIpc) is 2.98. The van der Waals surface area contributed by atoms with Gasteiger partial charge in [-0.3, -0.25) is 4.79 Å². The summed E-state index contributed by atoms with van der Waals surface area (Å²) in [4.78, 5) is 14.7. The standard InChI is InChI=1S/C10H8F4N2O/c11-7-5-6(1-4-15-7)8(17)16-9(2-3-9)10(12,13)14/h1,4-5H,2-3H2,(H,16,17). The highest BCUT2D eigenvalue weighted by Gasteiger charge is 2.64. The first-order valence-electron chi connectivity index (χ1n) is 4.85. The van der Waals surface area contributed by atoms with E-state index in [0.29, 0.717) is 0 Å². The van der Waals surface area contributed by atoms with Crippen LogP contribution in [0.2, 0.25) is 0 Å². The first-order valence-corrected chi connectivity index (χ1v) is 4.85. The predicted octanol–water partition coefficient (Wildman–Crippen LogP) is 2.05. The van der Waals surface area contributed by atoms with Gasteiger partial charge in [-0.15, -0.1) is 0 Å². The van der Waals surface area contributed by atoms with Crippen LogP contribution in [-0.2, 0) is 0 Å². The molecular formula is C10H8F4N2O. The SMILES string of the molecule is O=C(NC1(C(F)(F)F)CC1)c1ccnc(F)c1. The van der Waals surface area contributed by atoms with Gasteiger partial charge in [-0.1, -0.05) is 0 Å². The van der Waals surface area contributed by atoms with E-state index in [1.165, 1.54) is 0 Å². The number of halogens is 4. The number of alkyl halides is 3. The van der Waals surface area contributed by atoms with Crippen molar-refractivity contribution >= 4 is 5.91 Å². The van der Waals surface area contributed by atoms with E-state index in [9.17, 15) is 22.4 Å². The maximum absolute atomic E-state index is 12.7. The quantitative estimate of drug-likeness (QED) is 0.642. The van der Waals surface area contributed by atoms with E-state index in [4.69, 9.17) is 0 Å². The fourth-order valence-electron chi connectivity index (χ4n) is 1.44. The Labute approximate surface area is 93.8 Å². The summed E-state index contributed by atoms with van der Waals surface area (Å²) >= 11 is 0. The Morgan fingerprint density at radius 1 is 1.41 bits per heavy atom. The summed E-state index contributed by atoms with van der Waals surface area (Å²) in [5.41, 5.74) is -2.31. The summed E-state index contributed by atoms with van der Waals surface area (Å²) in [6, 6.07) is 1.95. The predicted molar refractivity (Wildman–Crippen MR) is 49.7 cm³/mol. The van der Waals surface area contributed by atoms with Gasteiger partial charge in [0.2, 0.25) is 5.95 Å². The zero-order valence-electron chi connectivity index (χ0n) is 8.51. The third-order valence-corrected chi connectivity index (χ3v) is 2.63. The maximum atomic E-state index is 12.7. The van der Waals surface area contributed by atoms with Crippen LogP contribution >= 0.6 is 0 Å². The maximum Gasteiger partial charge on any atom is 0.411 e. The zero-order chi connectivity index (χ0) is 12.7. The molecule has 1 fully saturated rings. The highest BCUT2D eigenvalue weighted by molar-refractivity contribution is 5.94. The summed E-state index contributed by atoms with van der Waals surface area (Å²) < 4.78 is 50.3. The molecule has 1 aromatic rings. The van der Waals surface area contributed by atoms with Gasteiger partial charge in [-0.2, -0.15) is 17.6 Å². The van der Waals surface area contributed by atoms with Crippen LogP contribution in [-0.4, -0.2) is 22.6 Å². The second-order valence-corrected chi connectivity index (χ2v) is 3.90. The van der Waals surface area contributed by atoms with Gasteiger partial charge in [-0.05, 0) is 18.9 Å². The van der Waals surface area contributed by atoms with E-state index in [1.807, 2.05) is 5.32 Å². The van der Waals surface area contributed by atoms with E-state index in [0.717, 1.165) is 18.3 Å². The zero-order valence-corrected chi connectivity index (χ0v) is 8.51. The number of pyridine rings is 1. The molecule has 3 nitrogen and oxygen atoms in total. The summed E-state index contributed by atoms with van der Waals surface area (Å²) in [6.07, 6.45) is -3.74. The van der Waals surface area contributed by atoms with Gasteiger partial charge in [-0.25, -0.2) is 4.98 Å². The number of hydrogen-bond acceptors (Lipinski definition) is 2. The van der Waals surface area contributed by atoms with Gasteiger partial charge in [0.25, 0.3) is 5.91 Å². The number of amides is 1. The Morgan fingerprint density at radius 2 is 2.06 bits per heavy atom. The Morgan fingerprint density at radius 3 is 2.53 bits per heavy atom. The van der Waals surface area contributed by atoms with Gasteiger partial charge < -0.3 is 5.32 Å². The number of carbonyl (C=O) groups excluding carboxylic acids is 1. The molecule has 1 heterocycles. The van der Waals surface area contributed by atoms with Crippen molar-refractivity contribution in [2.45, 2.75) is 24.6 Å². The lowest BCUT2D eigenvalue weighted by Gasteiger charge is -2.20. The van der Waals surface area contributed by atoms with Gasteiger partial charge >= 0.3 is 6.18 Å². The van der Waals surface area contributed by atoms with Gasteiger partial charge in [0.15, 0.2) is 0 Å². The van der Waals surface area contributed by atoms with E-state index >= 15 is 0 Å². The highest BCUT2D eigenvalue weighted by atomic mass is 19.4. The summed E-state index contributed by atoms with van der Waals surface area (Å²) in [6.45, 7) is 0. The van der Waals surface area contributed by atoms with E-state index < -0.39 is 23.6 Å². The molecule has 1 aliphatic rings. The fraction of sp³-hybridized carbons (Fsp3) is 0.400. The third-order valence-electron chi connectivity index (χ3n) is 2.63. The van der Waals surface area contributed by atoms with Crippen LogP contribution in [0.3, 0.4) is 0 Å². The smallest absolute Gasteiger partial charge is 0.338 e. The molecule has 0 aliphatic heterocycles. The van der Waals surface area contributed by atoms with Crippen molar-refractivity contribution in [2.24, 2.45) is 0 Å². The molecule has 0 radical (unpaired) electrons. The van der Waals surface area contributed by atoms with Crippen LogP contribution in [0.15, 0.2) is 18.3 Å². The molecule has 92 valence electrons. The first-order chi connectivity index (χ1) is 7.84. The molecule has 0 atom stereocenters. The lowest BCUT2D eigenvalue weighted by molar-refractivity contribution is -0.163. The molecule has 2 rings (SSSR count). The Bertz CT molecular complexity index is 454. The van der Waals surface area contributed by atoms with Crippen molar-refractivity contribution in [2.75, 3.05) is 0 Å². The number of aromatic nitrogens is 1. The molecule has 0 aromatic carbocycles. The number of rotatable bonds is 2. The van der Waals surface area contributed by atoms with Crippen LogP contribution in [0.25, 0.3) is 0 Å². The van der Waals surface area contributed by atoms with Crippen molar-refractivity contribution in [1.82, 2.24) is 10.3 Å². The Kier molecular flexibility index (Phi) is 2.56. The Balaban J connectivity index is 2.13. The van der Waals surface area contributed by atoms with Crippen LogP contribution in [0.4, 0.5) is 17.6 Å². The third kappa shape index (κ3) is 2.22. The number of hydrogen-bond donors (Lipinski definition) is 1. The molecule has 0 spiro atoms. The molecule has 1 saturated carbocycles. The summed E-state index contributed by atoms with van der Waals surface area (Å²) in [5.74, 6) is -1.85. The van der Waals surface area contributed by atoms with Crippen LogP contribution in [0, 0.1) is 5.95 Å². The van der Waals surface area contributed by atoms with Crippen molar-refractivity contribution in [1.29, 1.82) is 0 Å². The molecule has 1 N–H and O–H groups in total. The van der Waals surface area contributed by atoms with Crippen LogP contribution in [0.1, 0.15) is 23.2 Å². The van der Waals surface area contributed by atoms with Gasteiger partial charge in [0, 0.05) is 17.8 Å². The molecule has 1 amide bonds. The largest absolute Gasteiger partial charge is 0.411 e. The van der Waals surface area contributed by atoms with Crippen LogP contribution in [0.5, 0.6) is 0 Å². The number of carbonyl (C=O) groups is 1. The molecule has 0 saturated heterocycles. The monoisotopic (exact) mass is 248 g/mol. The second kappa shape index (κ2) is 3.68. The minimum absolute atomic E-state index is 0.143. The van der Waals surface area contributed by atoms with E-state index in [-0.39, 0.29) is 18.4 Å². The van der Waals surface area contributed by atoms with E-state index in [1.54, 1.807) is 0 Å². The topological polar surface area (TPSA) is 42.0 Å². The van der Waals surface area contributed by atoms with Crippen LogP contribution < -0.4 is 5.32 Å². The van der Waals surface area contributed by atoms with Gasteiger partial charge in [0.05, 0.1) is 0 Å². The van der Waals surface area contributed by atoms with Crippen molar-refractivity contribution in [3.05, 3.63) is 29.8 Å². The summed E-state index contributed by atoms with van der Waals surface area (Å²) in [7, 11) is 0. The van der Waals surface area contributed by atoms with Crippen molar-refractivity contribution in [3.63, 3.8) is 0 Å². The molecule has 7 heteroatoms. The minimum atomic E-state index is -4.48. The lowest BCUT2D eigenvalue weighted by atomic mass is 10.2. The minimum Gasteiger partial charge on any atom is -0.338 e. The lowest BCUT2D eigenvalue weighted by Crippen LogP contribution is -2.47. The van der Waals surface area contributed by atoms with Crippen molar-refractivity contribution in [3.8, 4) is 0 Å². The average molecular weight is 248 g/mol. The number of nitrogens with zero attached hydrogens (tertiary/aromatic N) is 1. The normalized spacial score (nSPS) is 17.6. The summed E-state index contributed by atoms with van der Waals surface area (Å²) in [5, 5.41) is 1.89. The number of nitrogens with one attached hydrogen (secondary N) is 1. The molecule has 17 heavy (non-hydrogen) atoms.